The molecule has 2 aromatic carbocycles. The van der Waals surface area contributed by atoms with Crippen LogP contribution in [0.5, 0.6) is 11.5 Å². The van der Waals surface area contributed by atoms with Gasteiger partial charge in [-0.3, -0.25) is 9.89 Å². The first-order chi connectivity index (χ1) is 14.7. The van der Waals surface area contributed by atoms with Crippen LogP contribution in [0.1, 0.15) is 60.8 Å². The third-order valence-corrected chi connectivity index (χ3v) is 5.58. The molecule has 0 fully saturated rings. The number of amides is 1. The number of hydrogen-bond acceptors (Lipinski definition) is 4. The summed E-state index contributed by atoms with van der Waals surface area (Å²) in [6, 6.07) is 14.7. The Morgan fingerprint density at radius 2 is 1.87 bits per heavy atom. The van der Waals surface area contributed by atoms with E-state index in [1.54, 1.807) is 12.1 Å². The summed E-state index contributed by atoms with van der Waals surface area (Å²) in [7, 11) is 0. The highest BCUT2D eigenvalue weighted by Gasteiger charge is 2.41. The van der Waals surface area contributed by atoms with E-state index in [0.717, 1.165) is 36.1 Å². The molecular weight excluding hydrogens is 378 g/mol. The molecule has 6 nitrogen and oxygen atoms in total. The van der Waals surface area contributed by atoms with Gasteiger partial charge in [0.2, 0.25) is 0 Å². The summed E-state index contributed by atoms with van der Waals surface area (Å²) in [6.45, 7) is 5.42. The van der Waals surface area contributed by atoms with E-state index in [9.17, 15) is 9.90 Å². The minimum atomic E-state index is -0.264. The Kier molecular flexibility index (Phi) is 5.74. The smallest absolute Gasteiger partial charge is 0.273 e. The van der Waals surface area contributed by atoms with Gasteiger partial charge in [-0.2, -0.15) is 5.10 Å². The molecule has 1 amide bonds. The van der Waals surface area contributed by atoms with Gasteiger partial charge in [-0.25, -0.2) is 0 Å². The second-order valence-corrected chi connectivity index (χ2v) is 7.50. The van der Waals surface area contributed by atoms with Gasteiger partial charge in [-0.05, 0) is 43.2 Å². The van der Waals surface area contributed by atoms with Crippen molar-refractivity contribution in [2.24, 2.45) is 0 Å². The second-order valence-electron chi connectivity index (χ2n) is 7.50. The molecule has 6 heteroatoms. The van der Waals surface area contributed by atoms with Gasteiger partial charge >= 0.3 is 0 Å². The largest absolute Gasteiger partial charge is 0.507 e. The number of rotatable bonds is 8. The number of carbonyl (C=O) groups is 1. The van der Waals surface area contributed by atoms with Crippen molar-refractivity contribution in [3.63, 3.8) is 0 Å². The Hall–Kier alpha value is -3.28. The van der Waals surface area contributed by atoms with Gasteiger partial charge in [-0.1, -0.05) is 44.0 Å². The van der Waals surface area contributed by atoms with Crippen LogP contribution < -0.4 is 4.74 Å². The molecule has 30 heavy (non-hydrogen) atoms. The van der Waals surface area contributed by atoms with E-state index in [1.807, 2.05) is 48.2 Å². The summed E-state index contributed by atoms with van der Waals surface area (Å²) >= 11 is 0. The maximum Gasteiger partial charge on any atom is 0.273 e. The van der Waals surface area contributed by atoms with Crippen molar-refractivity contribution < 1.29 is 14.6 Å². The highest BCUT2D eigenvalue weighted by molar-refractivity contribution is 6.00. The lowest BCUT2D eigenvalue weighted by Crippen LogP contribution is -2.29. The van der Waals surface area contributed by atoms with Crippen molar-refractivity contribution in [1.82, 2.24) is 15.1 Å². The molecule has 0 saturated carbocycles. The van der Waals surface area contributed by atoms with Crippen LogP contribution in [0.4, 0.5) is 0 Å². The zero-order valence-corrected chi connectivity index (χ0v) is 17.4. The quantitative estimate of drug-likeness (QED) is 0.522. The van der Waals surface area contributed by atoms with Crippen LogP contribution in [0.3, 0.4) is 0 Å². The number of aromatic amines is 1. The van der Waals surface area contributed by atoms with Crippen molar-refractivity contribution in [2.45, 2.75) is 39.2 Å². The third kappa shape index (κ3) is 3.54. The van der Waals surface area contributed by atoms with E-state index >= 15 is 0 Å². The molecule has 0 unspecified atom stereocenters. The van der Waals surface area contributed by atoms with Crippen LogP contribution >= 0.6 is 0 Å². The number of aromatic hydroxyl groups is 1. The number of phenolic OH excluding ortho intramolecular Hbond substituents is 1. The van der Waals surface area contributed by atoms with Gasteiger partial charge in [0.25, 0.3) is 5.91 Å². The fourth-order valence-electron chi connectivity index (χ4n) is 4.04. The van der Waals surface area contributed by atoms with E-state index in [2.05, 4.69) is 17.1 Å². The number of hydrogen-bond donors (Lipinski definition) is 2. The van der Waals surface area contributed by atoms with Gasteiger partial charge in [0, 0.05) is 17.7 Å². The highest BCUT2D eigenvalue weighted by Crippen LogP contribution is 2.44. The predicted molar refractivity (Wildman–Crippen MR) is 116 cm³/mol. The van der Waals surface area contributed by atoms with Gasteiger partial charge in [0.05, 0.1) is 12.6 Å². The molecule has 4 rings (SSSR count). The maximum atomic E-state index is 13.0. The van der Waals surface area contributed by atoms with Gasteiger partial charge in [0.1, 0.15) is 22.9 Å². The van der Waals surface area contributed by atoms with E-state index in [0.29, 0.717) is 30.1 Å². The number of benzene rings is 2. The molecule has 156 valence electrons. The van der Waals surface area contributed by atoms with Gasteiger partial charge < -0.3 is 14.7 Å². The lowest BCUT2D eigenvalue weighted by atomic mass is 9.95. The lowest BCUT2D eigenvalue weighted by Gasteiger charge is -2.25. The average Bonchev–Trinajstić information content (AvgIpc) is 3.31. The minimum absolute atomic E-state index is 0.0773. The van der Waals surface area contributed by atoms with Crippen molar-refractivity contribution in [1.29, 1.82) is 0 Å². The molecule has 3 aromatic rings. The first kappa shape index (κ1) is 20.0. The molecule has 1 aliphatic rings. The summed E-state index contributed by atoms with van der Waals surface area (Å²) in [5.41, 5.74) is 3.50. The number of unbranched alkanes of at least 4 members (excludes halogenated alkanes) is 2. The predicted octanol–water partition coefficient (Wildman–Crippen LogP) is 4.92. The van der Waals surface area contributed by atoms with E-state index in [1.165, 1.54) is 0 Å². The third-order valence-electron chi connectivity index (χ3n) is 5.58. The number of aromatic nitrogens is 2. The standard InChI is InChI=1S/C24H27N3O3/c1-3-5-8-15-30-17-13-11-16(12-14-17)23-20-21(18-9-6-7-10-19(18)28)25-26-22(20)24(29)27(23)4-2/h6-7,9-14,23,28H,3-5,8,15H2,1-2H3,(H,25,26)/t23-/m0/s1. The summed E-state index contributed by atoms with van der Waals surface area (Å²) < 4.78 is 5.83. The Morgan fingerprint density at radius 3 is 2.57 bits per heavy atom. The molecular formula is C24H27N3O3. The van der Waals surface area contributed by atoms with E-state index in [4.69, 9.17) is 4.74 Å². The average molecular weight is 405 g/mol. The van der Waals surface area contributed by atoms with E-state index in [-0.39, 0.29) is 17.7 Å². The fourth-order valence-corrected chi connectivity index (χ4v) is 4.04. The van der Waals surface area contributed by atoms with Crippen LogP contribution in [0.25, 0.3) is 11.3 Å². The number of carbonyl (C=O) groups excluding carboxylic acids is 1. The second kappa shape index (κ2) is 8.61. The molecule has 0 radical (unpaired) electrons. The summed E-state index contributed by atoms with van der Waals surface area (Å²) in [4.78, 5) is 14.8. The van der Waals surface area contributed by atoms with E-state index < -0.39 is 0 Å². The molecule has 0 spiro atoms. The Balaban J connectivity index is 1.68. The minimum Gasteiger partial charge on any atom is -0.507 e. The molecule has 2 heterocycles. The van der Waals surface area contributed by atoms with Gasteiger partial charge in [0.15, 0.2) is 0 Å². The number of H-pyrrole nitrogens is 1. The zero-order valence-electron chi connectivity index (χ0n) is 17.4. The van der Waals surface area contributed by atoms with Crippen LogP contribution in [0.2, 0.25) is 0 Å². The molecule has 1 atom stereocenters. The van der Waals surface area contributed by atoms with Crippen molar-refractivity contribution in [2.75, 3.05) is 13.2 Å². The van der Waals surface area contributed by atoms with Crippen LogP contribution in [0.15, 0.2) is 48.5 Å². The Labute approximate surface area is 176 Å². The Morgan fingerprint density at radius 1 is 1.10 bits per heavy atom. The molecule has 0 aliphatic carbocycles. The van der Waals surface area contributed by atoms with Gasteiger partial charge in [-0.15, -0.1) is 0 Å². The number of fused-ring (bicyclic) bond motifs is 1. The van der Waals surface area contributed by atoms with Crippen molar-refractivity contribution in [3.05, 3.63) is 65.4 Å². The highest BCUT2D eigenvalue weighted by atomic mass is 16.5. The molecule has 1 aromatic heterocycles. The Bertz CT molecular complexity index is 1030. The SMILES string of the molecule is CCCCCOc1ccc([C@H]2c3c(-c4ccccc4O)n[nH]c3C(=O)N2CC)cc1. The summed E-state index contributed by atoms with van der Waals surface area (Å²) in [5, 5.41) is 17.6. The monoisotopic (exact) mass is 405 g/mol. The summed E-state index contributed by atoms with van der Waals surface area (Å²) in [6.07, 6.45) is 3.37. The first-order valence-electron chi connectivity index (χ1n) is 10.6. The number of nitrogens with one attached hydrogen (secondary N) is 1. The molecule has 1 aliphatic heterocycles. The zero-order chi connectivity index (χ0) is 21.1. The van der Waals surface area contributed by atoms with Crippen molar-refractivity contribution in [3.8, 4) is 22.8 Å². The van der Waals surface area contributed by atoms with Crippen LogP contribution in [-0.2, 0) is 0 Å². The van der Waals surface area contributed by atoms with Crippen molar-refractivity contribution >= 4 is 5.91 Å². The molecule has 2 N–H and O–H groups in total. The van der Waals surface area contributed by atoms with Crippen LogP contribution in [-0.4, -0.2) is 39.3 Å². The first-order valence-corrected chi connectivity index (χ1v) is 10.6. The normalized spacial score (nSPS) is 15.5. The summed E-state index contributed by atoms with van der Waals surface area (Å²) in [5.74, 6) is 0.894. The lowest BCUT2D eigenvalue weighted by molar-refractivity contribution is 0.0754. The molecule has 0 bridgehead atoms. The fraction of sp³-hybridized carbons (Fsp3) is 0.333. The number of phenols is 1. The molecule has 0 saturated heterocycles. The number of nitrogens with zero attached hydrogens (tertiary/aromatic N) is 2. The number of ether oxygens (including phenoxy) is 1. The number of para-hydroxylation sites is 1. The maximum absolute atomic E-state index is 13.0. The van der Waals surface area contributed by atoms with Crippen LogP contribution in [0, 0.1) is 0 Å². The topological polar surface area (TPSA) is 78.5 Å².